The van der Waals surface area contributed by atoms with Crippen LogP contribution in [0.15, 0.2) is 23.1 Å². The molecule has 0 heterocycles. The van der Waals surface area contributed by atoms with Crippen LogP contribution in [-0.4, -0.2) is 14.0 Å². The average molecular weight is 320 g/mol. The summed E-state index contributed by atoms with van der Waals surface area (Å²) in [5.41, 5.74) is -2.78. The van der Waals surface area contributed by atoms with E-state index in [1.165, 1.54) is 6.92 Å². The molecule has 1 N–H and O–H groups in total. The molecular weight excluding hydrogens is 305 g/mol. The van der Waals surface area contributed by atoms with Crippen LogP contribution in [0.2, 0.25) is 0 Å². The number of nitrogens with zero attached hydrogens (tertiary/aromatic N) is 1. The molecule has 0 bridgehead atoms. The topological polar surface area (TPSA) is 70.0 Å². The molecule has 0 aliphatic rings. The van der Waals surface area contributed by atoms with E-state index in [-0.39, 0.29) is 6.42 Å². The smallest absolute Gasteiger partial charge is 0.207 e. The van der Waals surface area contributed by atoms with Gasteiger partial charge in [0.05, 0.1) is 16.5 Å². The number of hydrogen-bond acceptors (Lipinski definition) is 3. The van der Waals surface area contributed by atoms with Crippen molar-refractivity contribution in [3.05, 3.63) is 29.3 Å². The lowest BCUT2D eigenvalue weighted by atomic mass is 10.0. The number of alkyl halides is 3. The van der Waals surface area contributed by atoms with Crippen LogP contribution in [0.4, 0.5) is 13.2 Å². The first-order valence-electron chi connectivity index (χ1n) is 6.09. The highest BCUT2D eigenvalue weighted by Gasteiger charge is 2.36. The zero-order chi connectivity index (χ0) is 16.5. The predicted molar refractivity (Wildman–Crippen MR) is 70.8 cm³/mol. The fraction of sp³-hybridized carbons (Fsp3) is 0.462. The molecule has 0 radical (unpaired) electrons. The van der Waals surface area contributed by atoms with Gasteiger partial charge in [0.1, 0.15) is 5.54 Å². The highest BCUT2D eigenvalue weighted by Crippen LogP contribution is 2.34. The first-order chi connectivity index (χ1) is 9.47. The quantitative estimate of drug-likeness (QED) is 0.927. The Bertz CT molecular complexity index is 678. The molecule has 0 spiro atoms. The Morgan fingerprint density at radius 3 is 2.33 bits per heavy atom. The lowest BCUT2D eigenvalue weighted by Gasteiger charge is -2.22. The third-order valence-corrected chi connectivity index (χ3v) is 4.93. The second-order valence-corrected chi connectivity index (χ2v) is 6.48. The Labute approximate surface area is 121 Å². The molecule has 0 aromatic heterocycles. The maximum absolute atomic E-state index is 12.8. The molecule has 4 nitrogen and oxygen atoms in total. The van der Waals surface area contributed by atoms with Crippen LogP contribution >= 0.6 is 0 Å². The van der Waals surface area contributed by atoms with Gasteiger partial charge in [0, 0.05) is 0 Å². The lowest BCUT2D eigenvalue weighted by molar-refractivity contribution is -0.138. The molecule has 0 aliphatic carbocycles. The molecular formula is C13H15F3N2O2S. The molecule has 116 valence electrons. The van der Waals surface area contributed by atoms with Crippen LogP contribution in [0, 0.1) is 18.3 Å². The molecule has 0 saturated heterocycles. The van der Waals surface area contributed by atoms with Crippen LogP contribution < -0.4 is 4.72 Å². The molecule has 1 unspecified atom stereocenters. The standard InChI is InChI=1S/C13H15F3N2O2S/c1-4-12(3,8-17)18-21(19,20)11-7-5-6-10(9(11)2)13(14,15)16/h5-7,18H,4H2,1-3H3. The van der Waals surface area contributed by atoms with Crippen molar-refractivity contribution in [1.29, 1.82) is 5.26 Å². The van der Waals surface area contributed by atoms with E-state index in [9.17, 15) is 21.6 Å². The molecule has 21 heavy (non-hydrogen) atoms. The van der Waals surface area contributed by atoms with Gasteiger partial charge in [0.2, 0.25) is 10.0 Å². The van der Waals surface area contributed by atoms with Crippen LogP contribution in [-0.2, 0) is 16.2 Å². The van der Waals surface area contributed by atoms with Crippen LogP contribution in [0.1, 0.15) is 31.4 Å². The van der Waals surface area contributed by atoms with E-state index < -0.39 is 37.8 Å². The van der Waals surface area contributed by atoms with Crippen molar-refractivity contribution >= 4 is 10.0 Å². The first-order valence-corrected chi connectivity index (χ1v) is 7.57. The van der Waals surface area contributed by atoms with E-state index in [0.29, 0.717) is 0 Å². The van der Waals surface area contributed by atoms with Gasteiger partial charge in [-0.15, -0.1) is 0 Å². The summed E-state index contributed by atoms with van der Waals surface area (Å²) in [4.78, 5) is -0.479. The van der Waals surface area contributed by atoms with Gasteiger partial charge >= 0.3 is 6.18 Å². The molecule has 1 aromatic rings. The van der Waals surface area contributed by atoms with Crippen molar-refractivity contribution in [3.8, 4) is 6.07 Å². The summed E-state index contributed by atoms with van der Waals surface area (Å²) in [6.07, 6.45) is -4.46. The predicted octanol–water partition coefficient (Wildman–Crippen LogP) is 2.98. The molecule has 8 heteroatoms. The Hall–Kier alpha value is -1.59. The SMILES string of the molecule is CCC(C)(C#N)NS(=O)(=O)c1cccc(C(F)(F)F)c1C. The van der Waals surface area contributed by atoms with Crippen molar-refractivity contribution in [2.75, 3.05) is 0 Å². The van der Waals surface area contributed by atoms with E-state index in [1.54, 1.807) is 13.0 Å². The summed E-state index contributed by atoms with van der Waals surface area (Å²) < 4.78 is 65.1. The van der Waals surface area contributed by atoms with Gasteiger partial charge < -0.3 is 0 Å². The number of rotatable bonds is 4. The van der Waals surface area contributed by atoms with Crippen molar-refractivity contribution in [2.24, 2.45) is 0 Å². The van der Waals surface area contributed by atoms with Gasteiger partial charge in [0.25, 0.3) is 0 Å². The van der Waals surface area contributed by atoms with E-state index in [4.69, 9.17) is 5.26 Å². The van der Waals surface area contributed by atoms with Crippen molar-refractivity contribution < 1.29 is 21.6 Å². The lowest BCUT2D eigenvalue weighted by Crippen LogP contribution is -2.44. The zero-order valence-electron chi connectivity index (χ0n) is 11.7. The monoisotopic (exact) mass is 320 g/mol. The van der Waals surface area contributed by atoms with Crippen molar-refractivity contribution in [2.45, 2.75) is 43.8 Å². The molecule has 1 atom stereocenters. The largest absolute Gasteiger partial charge is 0.416 e. The maximum Gasteiger partial charge on any atom is 0.416 e. The van der Waals surface area contributed by atoms with E-state index in [0.717, 1.165) is 25.1 Å². The number of nitriles is 1. The maximum atomic E-state index is 12.8. The van der Waals surface area contributed by atoms with E-state index in [2.05, 4.69) is 4.72 Å². The van der Waals surface area contributed by atoms with Crippen molar-refractivity contribution in [1.82, 2.24) is 4.72 Å². The third kappa shape index (κ3) is 3.74. The van der Waals surface area contributed by atoms with Crippen LogP contribution in [0.25, 0.3) is 0 Å². The molecule has 0 fully saturated rings. The minimum atomic E-state index is -4.64. The number of hydrogen-bond donors (Lipinski definition) is 1. The Kier molecular flexibility index (Phi) is 4.70. The highest BCUT2D eigenvalue weighted by molar-refractivity contribution is 7.89. The summed E-state index contributed by atoms with van der Waals surface area (Å²) in [5.74, 6) is 0. The van der Waals surface area contributed by atoms with Gasteiger partial charge in [0.15, 0.2) is 0 Å². The van der Waals surface area contributed by atoms with Crippen molar-refractivity contribution in [3.63, 3.8) is 0 Å². The summed E-state index contributed by atoms with van der Waals surface area (Å²) in [7, 11) is -4.23. The van der Waals surface area contributed by atoms with Gasteiger partial charge in [-0.2, -0.15) is 23.2 Å². The summed E-state index contributed by atoms with van der Waals surface area (Å²) in [6, 6.07) is 4.73. The number of sulfonamides is 1. The minimum absolute atomic E-state index is 0.181. The highest BCUT2D eigenvalue weighted by atomic mass is 32.2. The Morgan fingerprint density at radius 2 is 1.90 bits per heavy atom. The number of benzene rings is 1. The fourth-order valence-corrected chi connectivity index (χ4v) is 3.40. The average Bonchev–Trinajstić information content (AvgIpc) is 2.36. The normalized spacial score (nSPS) is 15.3. The molecule has 0 aliphatic heterocycles. The van der Waals surface area contributed by atoms with Gasteiger partial charge in [-0.3, -0.25) is 0 Å². The zero-order valence-corrected chi connectivity index (χ0v) is 12.6. The second-order valence-electron chi connectivity index (χ2n) is 4.83. The fourth-order valence-electron chi connectivity index (χ4n) is 1.74. The molecule has 1 aromatic carbocycles. The minimum Gasteiger partial charge on any atom is -0.207 e. The summed E-state index contributed by atoms with van der Waals surface area (Å²) in [5, 5.41) is 8.99. The van der Waals surface area contributed by atoms with Gasteiger partial charge in [-0.25, -0.2) is 8.42 Å². The number of nitrogens with one attached hydrogen (secondary N) is 1. The van der Waals surface area contributed by atoms with Crippen LogP contribution in [0.3, 0.4) is 0 Å². The molecule has 1 rings (SSSR count). The van der Waals surface area contributed by atoms with E-state index >= 15 is 0 Å². The second kappa shape index (κ2) is 5.66. The van der Waals surface area contributed by atoms with Gasteiger partial charge in [-0.05, 0) is 38.0 Å². The molecule has 0 amide bonds. The third-order valence-electron chi connectivity index (χ3n) is 3.19. The summed E-state index contributed by atoms with van der Waals surface area (Å²) >= 11 is 0. The Morgan fingerprint density at radius 1 is 1.33 bits per heavy atom. The molecule has 0 saturated carbocycles. The Balaban J connectivity index is 3.39. The van der Waals surface area contributed by atoms with E-state index in [1.807, 2.05) is 0 Å². The van der Waals surface area contributed by atoms with Gasteiger partial charge in [-0.1, -0.05) is 13.0 Å². The summed E-state index contributed by atoms with van der Waals surface area (Å²) in [6.45, 7) is 4.06. The van der Waals surface area contributed by atoms with Crippen LogP contribution in [0.5, 0.6) is 0 Å². The number of halogens is 3. The first kappa shape index (κ1) is 17.5.